The SMILES string of the molecule is CSCC[C@H](NC(=O)[C@@H](N)CO)C(=O)N[C@@H](Cc1ccc(O)cc1)C(=O)NCC(=O)N[C@@H](CO)C(=O)N[C@@H](Cc1ccc(O)cc1)C(=O)N[C@@H](CC(N)=O)C(=O)O. The van der Waals surface area contributed by atoms with Crippen molar-refractivity contribution in [1.29, 1.82) is 0 Å². The van der Waals surface area contributed by atoms with Crippen LogP contribution in [0.15, 0.2) is 48.5 Å². The lowest BCUT2D eigenvalue weighted by atomic mass is 10.0. The Bertz CT molecular complexity index is 1720. The van der Waals surface area contributed by atoms with Gasteiger partial charge in [-0.15, -0.1) is 0 Å². The summed E-state index contributed by atoms with van der Waals surface area (Å²) in [6.45, 7) is -2.47. The minimum atomic E-state index is -1.75. The maximum Gasteiger partial charge on any atom is 0.326 e. The Labute approximate surface area is 330 Å². The van der Waals surface area contributed by atoms with Crippen molar-refractivity contribution in [2.75, 3.05) is 31.8 Å². The molecular weight excluding hydrogens is 772 g/mol. The molecular formula is C35H48N8O13S. The number of aliphatic hydroxyl groups is 2. The molecule has 0 saturated heterocycles. The van der Waals surface area contributed by atoms with Gasteiger partial charge in [-0.2, -0.15) is 11.8 Å². The molecule has 2 aromatic carbocycles. The van der Waals surface area contributed by atoms with E-state index in [4.69, 9.17) is 11.5 Å². The maximum absolute atomic E-state index is 13.4. The molecule has 0 spiro atoms. The molecule has 0 unspecified atom stereocenters. The molecule has 0 bridgehead atoms. The zero-order chi connectivity index (χ0) is 42.7. The molecule has 0 fully saturated rings. The number of nitrogens with two attached hydrogens (primary N) is 2. The molecule has 0 aliphatic heterocycles. The molecule has 0 saturated carbocycles. The first-order valence-electron chi connectivity index (χ1n) is 17.3. The number of hydrogen-bond donors (Lipinski definition) is 13. The molecule has 6 atom stereocenters. The van der Waals surface area contributed by atoms with Crippen molar-refractivity contribution in [3.63, 3.8) is 0 Å². The standard InChI is InChI=1S/C35H48N8O13S/c1-57-11-10-23(40-30(50)22(36)16-44)32(52)41-24(12-18-2-6-20(46)7-3-18)31(51)38-15-29(49)39-27(17-45)34(54)42-25(13-19-4-8-21(47)9-5-19)33(53)43-26(35(55)56)14-28(37)48/h2-9,22-27,44-47H,10-17,36H2,1H3,(H2,37,48)(H,38,51)(H,39,49)(H,40,50)(H,41,52)(H,42,54)(H,43,53)(H,55,56)/t22-,23-,24-,25-,26-,27-/m0/s1. The Hall–Kier alpha value is -5.97. The summed E-state index contributed by atoms with van der Waals surface area (Å²) in [6, 6.07) is 2.27. The Morgan fingerprint density at radius 3 is 1.54 bits per heavy atom. The van der Waals surface area contributed by atoms with Gasteiger partial charge in [0.2, 0.25) is 41.4 Å². The zero-order valence-electron chi connectivity index (χ0n) is 30.8. The highest BCUT2D eigenvalue weighted by Crippen LogP contribution is 2.13. The summed E-state index contributed by atoms with van der Waals surface area (Å²) in [5, 5.41) is 61.9. The fourth-order valence-electron chi connectivity index (χ4n) is 4.97. The Kier molecular flexibility index (Phi) is 19.7. The summed E-state index contributed by atoms with van der Waals surface area (Å²) >= 11 is 1.38. The van der Waals surface area contributed by atoms with Gasteiger partial charge in [-0.1, -0.05) is 24.3 Å². The van der Waals surface area contributed by atoms with Crippen LogP contribution in [0.4, 0.5) is 0 Å². The number of phenolic OH excluding ortho intramolecular Hbond substituents is 2. The number of carbonyl (C=O) groups is 8. The van der Waals surface area contributed by atoms with Gasteiger partial charge in [-0.3, -0.25) is 33.6 Å². The van der Waals surface area contributed by atoms with Crippen LogP contribution in [0, 0.1) is 0 Å². The van der Waals surface area contributed by atoms with Gasteiger partial charge in [-0.05, 0) is 53.8 Å². The lowest BCUT2D eigenvalue weighted by Gasteiger charge is -2.25. The quantitative estimate of drug-likeness (QED) is 0.0474. The molecule has 2 rings (SSSR count). The van der Waals surface area contributed by atoms with E-state index >= 15 is 0 Å². The lowest BCUT2D eigenvalue weighted by molar-refractivity contribution is -0.143. The van der Waals surface area contributed by atoms with Crippen LogP contribution in [-0.4, -0.2) is 141 Å². The van der Waals surface area contributed by atoms with Gasteiger partial charge in [0.05, 0.1) is 26.2 Å². The van der Waals surface area contributed by atoms with E-state index in [1.807, 2.05) is 0 Å². The minimum absolute atomic E-state index is 0.0668. The highest BCUT2D eigenvalue weighted by molar-refractivity contribution is 7.98. The van der Waals surface area contributed by atoms with Crippen LogP contribution >= 0.6 is 11.8 Å². The number of carboxylic acid groups (broad SMARTS) is 1. The molecule has 0 heterocycles. The van der Waals surface area contributed by atoms with Gasteiger partial charge >= 0.3 is 5.97 Å². The van der Waals surface area contributed by atoms with E-state index in [-0.39, 0.29) is 30.8 Å². The molecule has 0 aliphatic carbocycles. The number of nitrogens with one attached hydrogen (secondary N) is 6. The Balaban J connectivity index is 2.20. The number of hydrogen-bond acceptors (Lipinski definition) is 14. The smallest absolute Gasteiger partial charge is 0.326 e. The largest absolute Gasteiger partial charge is 0.508 e. The highest BCUT2D eigenvalue weighted by Gasteiger charge is 2.32. The number of rotatable bonds is 24. The van der Waals surface area contributed by atoms with Gasteiger partial charge in [0.15, 0.2) is 0 Å². The second kappa shape index (κ2) is 23.8. The number of carboxylic acids is 1. The van der Waals surface area contributed by atoms with E-state index in [0.29, 0.717) is 16.9 Å². The van der Waals surface area contributed by atoms with Gasteiger partial charge < -0.3 is 68.9 Å². The van der Waals surface area contributed by atoms with Gasteiger partial charge in [-0.25, -0.2) is 4.79 Å². The van der Waals surface area contributed by atoms with Gasteiger partial charge in [0, 0.05) is 12.8 Å². The molecule has 0 aliphatic rings. The zero-order valence-corrected chi connectivity index (χ0v) is 31.6. The summed E-state index contributed by atoms with van der Waals surface area (Å²) in [4.78, 5) is 101. The first-order chi connectivity index (χ1) is 27.0. The molecule has 22 heteroatoms. The molecule has 57 heavy (non-hydrogen) atoms. The third-order valence-corrected chi connectivity index (χ3v) is 8.72. The summed E-state index contributed by atoms with van der Waals surface area (Å²) in [5.74, 6) is -8.01. The normalized spacial score (nSPS) is 14.0. The first-order valence-corrected chi connectivity index (χ1v) is 18.7. The molecule has 312 valence electrons. The number of aliphatic hydroxyl groups excluding tert-OH is 2. The van der Waals surface area contributed by atoms with E-state index in [9.17, 15) is 63.9 Å². The molecule has 21 nitrogen and oxygen atoms in total. The van der Waals surface area contributed by atoms with Crippen molar-refractivity contribution < 1.29 is 63.9 Å². The minimum Gasteiger partial charge on any atom is -0.508 e. The van der Waals surface area contributed by atoms with Crippen LogP contribution in [0.2, 0.25) is 0 Å². The average Bonchev–Trinajstić information content (AvgIpc) is 3.17. The third kappa shape index (κ3) is 16.7. The lowest BCUT2D eigenvalue weighted by Crippen LogP contribution is -2.59. The van der Waals surface area contributed by atoms with E-state index in [2.05, 4.69) is 31.9 Å². The second-order valence-corrected chi connectivity index (χ2v) is 13.6. The number of amides is 7. The topological polar surface area (TPSA) is 362 Å². The molecule has 2 aromatic rings. The molecule has 0 aromatic heterocycles. The van der Waals surface area contributed by atoms with Crippen LogP contribution in [0.1, 0.15) is 24.0 Å². The van der Waals surface area contributed by atoms with Crippen molar-refractivity contribution >= 4 is 59.1 Å². The number of primary amides is 1. The van der Waals surface area contributed by atoms with E-state index in [0.717, 1.165) is 0 Å². The van der Waals surface area contributed by atoms with E-state index in [1.54, 1.807) is 6.26 Å². The van der Waals surface area contributed by atoms with Crippen LogP contribution in [0.3, 0.4) is 0 Å². The van der Waals surface area contributed by atoms with Crippen molar-refractivity contribution in [2.45, 2.75) is 61.9 Å². The van der Waals surface area contributed by atoms with Crippen LogP contribution in [0.5, 0.6) is 11.5 Å². The number of carbonyl (C=O) groups excluding carboxylic acids is 7. The van der Waals surface area contributed by atoms with Crippen LogP contribution in [-0.2, 0) is 51.2 Å². The van der Waals surface area contributed by atoms with E-state index < -0.39 is 110 Å². The third-order valence-electron chi connectivity index (χ3n) is 8.07. The predicted octanol–water partition coefficient (Wildman–Crippen LogP) is -4.55. The summed E-state index contributed by atoms with van der Waals surface area (Å²) < 4.78 is 0. The Morgan fingerprint density at radius 1 is 0.632 bits per heavy atom. The fraction of sp³-hybridized carbons (Fsp3) is 0.429. The van der Waals surface area contributed by atoms with Gasteiger partial charge in [0.25, 0.3) is 0 Å². The predicted molar refractivity (Wildman–Crippen MR) is 203 cm³/mol. The fourth-order valence-corrected chi connectivity index (χ4v) is 5.44. The highest BCUT2D eigenvalue weighted by atomic mass is 32.2. The Morgan fingerprint density at radius 2 is 1.09 bits per heavy atom. The summed E-state index contributed by atoms with van der Waals surface area (Å²) in [5.41, 5.74) is 11.5. The van der Waals surface area contributed by atoms with Crippen LogP contribution < -0.4 is 43.4 Å². The summed E-state index contributed by atoms with van der Waals surface area (Å²) in [7, 11) is 0. The molecule has 0 radical (unpaired) electrons. The number of benzene rings is 2. The monoisotopic (exact) mass is 820 g/mol. The van der Waals surface area contributed by atoms with Gasteiger partial charge in [0.1, 0.15) is 47.8 Å². The first kappa shape index (κ1) is 47.2. The number of phenols is 2. The van der Waals surface area contributed by atoms with E-state index in [1.165, 1.54) is 60.3 Å². The van der Waals surface area contributed by atoms with Crippen LogP contribution in [0.25, 0.3) is 0 Å². The number of aliphatic carboxylic acids is 1. The van der Waals surface area contributed by atoms with Crippen molar-refractivity contribution in [3.8, 4) is 11.5 Å². The van der Waals surface area contributed by atoms with Crippen molar-refractivity contribution in [1.82, 2.24) is 31.9 Å². The summed E-state index contributed by atoms with van der Waals surface area (Å²) in [6.07, 6.45) is 0.713. The molecule has 7 amide bonds. The maximum atomic E-state index is 13.4. The number of aromatic hydroxyl groups is 2. The number of thioether (sulfide) groups is 1. The second-order valence-electron chi connectivity index (χ2n) is 12.6. The van der Waals surface area contributed by atoms with Crippen molar-refractivity contribution in [2.24, 2.45) is 11.5 Å². The van der Waals surface area contributed by atoms with Crippen molar-refractivity contribution in [3.05, 3.63) is 59.7 Å². The average molecular weight is 821 g/mol. The molecule has 15 N–H and O–H groups in total.